The van der Waals surface area contributed by atoms with Crippen LogP contribution in [0.5, 0.6) is 0 Å². The Kier molecular flexibility index (Phi) is 4.52. The highest BCUT2D eigenvalue weighted by atomic mass is 79.9. The maximum Gasteiger partial charge on any atom is 0.331 e. The first-order chi connectivity index (χ1) is 14.5. The minimum atomic E-state index is -0.371. The summed E-state index contributed by atoms with van der Waals surface area (Å²) in [6.45, 7) is 1.13. The Morgan fingerprint density at radius 1 is 0.967 bits per heavy atom. The third kappa shape index (κ3) is 2.73. The molecule has 6 nitrogen and oxygen atoms in total. The van der Waals surface area contributed by atoms with Crippen molar-refractivity contribution < 1.29 is 4.74 Å². The van der Waals surface area contributed by atoms with Crippen LogP contribution in [-0.4, -0.2) is 20.3 Å². The number of rotatable bonds is 2. The van der Waals surface area contributed by atoms with Crippen molar-refractivity contribution in [3.8, 4) is 11.3 Å². The van der Waals surface area contributed by atoms with E-state index in [-0.39, 0.29) is 17.4 Å². The Balaban J connectivity index is 1.94. The van der Waals surface area contributed by atoms with E-state index >= 15 is 0 Å². The number of nitrogens with zero attached hydrogens (tertiary/aromatic N) is 3. The van der Waals surface area contributed by atoms with Crippen LogP contribution >= 0.6 is 15.9 Å². The van der Waals surface area contributed by atoms with E-state index in [1.54, 1.807) is 11.6 Å². The fourth-order valence-electron chi connectivity index (χ4n) is 4.37. The number of aromatic nitrogens is 3. The predicted molar refractivity (Wildman–Crippen MR) is 120 cm³/mol. The van der Waals surface area contributed by atoms with Crippen LogP contribution in [0.1, 0.15) is 17.4 Å². The normalized spacial score (nSPS) is 16.0. The second-order valence-corrected chi connectivity index (χ2v) is 8.40. The summed E-state index contributed by atoms with van der Waals surface area (Å²) >= 11 is 3.48. The van der Waals surface area contributed by atoms with E-state index in [2.05, 4.69) is 20.5 Å². The van der Waals surface area contributed by atoms with Gasteiger partial charge in [-0.3, -0.25) is 13.9 Å². The number of fused-ring (bicyclic) bond motifs is 3. The minimum Gasteiger partial charge on any atom is -0.365 e. The monoisotopic (exact) mass is 465 g/mol. The highest BCUT2D eigenvalue weighted by molar-refractivity contribution is 9.10. The smallest absolute Gasteiger partial charge is 0.331 e. The number of hydrogen-bond acceptors (Lipinski definition) is 3. The van der Waals surface area contributed by atoms with Gasteiger partial charge in [0, 0.05) is 25.1 Å². The molecular formula is C23H20BrN3O3. The van der Waals surface area contributed by atoms with E-state index in [9.17, 15) is 9.59 Å². The largest absolute Gasteiger partial charge is 0.365 e. The molecule has 5 rings (SSSR count). The fraction of sp³-hybridized carbons (Fsp3) is 0.217. The zero-order valence-corrected chi connectivity index (χ0v) is 18.2. The predicted octanol–water partition coefficient (Wildman–Crippen LogP) is 3.59. The van der Waals surface area contributed by atoms with Crippen molar-refractivity contribution in [2.75, 3.05) is 6.61 Å². The summed E-state index contributed by atoms with van der Waals surface area (Å²) in [5.74, 6) is 0. The molecule has 2 aromatic carbocycles. The summed E-state index contributed by atoms with van der Waals surface area (Å²) in [4.78, 5) is 26.1. The number of benzene rings is 2. The van der Waals surface area contributed by atoms with Gasteiger partial charge in [0.25, 0.3) is 5.56 Å². The van der Waals surface area contributed by atoms with Crippen LogP contribution < -0.4 is 11.2 Å². The second-order valence-electron chi connectivity index (χ2n) is 7.48. The van der Waals surface area contributed by atoms with Crippen LogP contribution in [-0.2, 0) is 25.4 Å². The Morgan fingerprint density at radius 2 is 1.67 bits per heavy atom. The number of hydrogen-bond donors (Lipinski definition) is 0. The van der Waals surface area contributed by atoms with Gasteiger partial charge in [-0.05, 0) is 23.3 Å². The van der Waals surface area contributed by atoms with E-state index in [4.69, 9.17) is 4.74 Å². The van der Waals surface area contributed by atoms with Gasteiger partial charge in [-0.15, -0.1) is 0 Å². The van der Waals surface area contributed by atoms with E-state index in [1.807, 2.05) is 54.6 Å². The van der Waals surface area contributed by atoms with Crippen molar-refractivity contribution in [2.45, 2.75) is 12.6 Å². The zero-order chi connectivity index (χ0) is 21.0. The Morgan fingerprint density at radius 3 is 2.37 bits per heavy atom. The molecule has 1 atom stereocenters. The fourth-order valence-corrected chi connectivity index (χ4v) is 4.63. The maximum atomic E-state index is 13.3. The lowest BCUT2D eigenvalue weighted by molar-refractivity contribution is 0.0478. The summed E-state index contributed by atoms with van der Waals surface area (Å²) in [5, 5.41) is 0.549. The first-order valence-corrected chi connectivity index (χ1v) is 10.5. The average Bonchev–Trinajstić information content (AvgIpc) is 3.13. The molecule has 0 fully saturated rings. The quantitative estimate of drug-likeness (QED) is 0.454. The molecule has 7 heteroatoms. The molecule has 1 aliphatic rings. The van der Waals surface area contributed by atoms with Crippen LogP contribution in [0.25, 0.3) is 22.2 Å². The van der Waals surface area contributed by atoms with E-state index < -0.39 is 0 Å². The molecule has 0 spiro atoms. The molecule has 0 bridgehead atoms. The second kappa shape index (κ2) is 7.11. The lowest BCUT2D eigenvalue weighted by atomic mass is 10.0. The first-order valence-electron chi connectivity index (χ1n) is 9.73. The maximum absolute atomic E-state index is 13.3. The van der Waals surface area contributed by atoms with Crippen LogP contribution in [0.2, 0.25) is 0 Å². The number of aryl methyl sites for hydroxylation is 1. The molecule has 0 aliphatic carbocycles. The van der Waals surface area contributed by atoms with Gasteiger partial charge in [0.15, 0.2) is 0 Å². The van der Waals surface area contributed by atoms with Crippen molar-refractivity contribution in [3.63, 3.8) is 0 Å². The topological polar surface area (TPSA) is 58.2 Å². The lowest BCUT2D eigenvalue weighted by Crippen LogP contribution is -2.37. The Bertz CT molecular complexity index is 1380. The van der Waals surface area contributed by atoms with Crippen LogP contribution in [0, 0.1) is 0 Å². The lowest BCUT2D eigenvalue weighted by Gasteiger charge is -2.27. The molecule has 1 aliphatic heterocycles. The van der Waals surface area contributed by atoms with Gasteiger partial charge in [-0.2, -0.15) is 0 Å². The van der Waals surface area contributed by atoms with E-state index in [0.29, 0.717) is 24.1 Å². The van der Waals surface area contributed by atoms with Crippen molar-refractivity contribution in [1.82, 2.24) is 13.7 Å². The highest BCUT2D eigenvalue weighted by Gasteiger charge is 2.32. The zero-order valence-electron chi connectivity index (χ0n) is 16.6. The summed E-state index contributed by atoms with van der Waals surface area (Å²) in [7, 11) is 3.24. The molecule has 0 radical (unpaired) electrons. The summed E-state index contributed by atoms with van der Waals surface area (Å²) < 4.78 is 12.1. The average molecular weight is 466 g/mol. The molecule has 0 unspecified atom stereocenters. The van der Waals surface area contributed by atoms with E-state index in [1.165, 1.54) is 11.6 Å². The van der Waals surface area contributed by atoms with Crippen LogP contribution in [0.15, 0.2) is 68.7 Å². The molecule has 0 N–H and O–H groups in total. The standard InChI is InChI=1S/C23H20BrN3O3/c1-25-19-17(22(28)26(2)23(25)29)18(14-6-4-3-5-7-14)27-12-13-30-21(20(19)27)15-8-10-16(24)11-9-15/h3-11,21H,12-13H2,1-2H3/t21-/m0/s1. The molecule has 4 aromatic rings. The first kappa shape index (κ1) is 19.1. The molecule has 2 aromatic heterocycles. The SMILES string of the molecule is Cn1c(=O)c2c(-c3ccccc3)n3c(c2n(C)c1=O)[C@H](c1ccc(Br)cc1)OCC3. The molecular weight excluding hydrogens is 446 g/mol. The van der Waals surface area contributed by atoms with Gasteiger partial charge >= 0.3 is 5.69 Å². The van der Waals surface area contributed by atoms with Crippen LogP contribution in [0.4, 0.5) is 0 Å². The molecule has 30 heavy (non-hydrogen) atoms. The Labute approximate surface area is 181 Å². The van der Waals surface area contributed by atoms with Crippen molar-refractivity contribution >= 4 is 26.8 Å². The van der Waals surface area contributed by atoms with Gasteiger partial charge in [0.2, 0.25) is 0 Å². The van der Waals surface area contributed by atoms with Crippen molar-refractivity contribution in [3.05, 3.63) is 91.2 Å². The molecule has 0 saturated carbocycles. The molecule has 0 saturated heterocycles. The van der Waals surface area contributed by atoms with Gasteiger partial charge in [-0.1, -0.05) is 58.4 Å². The molecule has 3 heterocycles. The summed E-state index contributed by atoms with van der Waals surface area (Å²) in [6.07, 6.45) is -0.371. The molecule has 0 amide bonds. The van der Waals surface area contributed by atoms with Crippen molar-refractivity contribution in [2.24, 2.45) is 14.1 Å². The van der Waals surface area contributed by atoms with Gasteiger partial charge < -0.3 is 9.30 Å². The van der Waals surface area contributed by atoms with Gasteiger partial charge in [-0.25, -0.2) is 4.79 Å². The van der Waals surface area contributed by atoms with Crippen LogP contribution in [0.3, 0.4) is 0 Å². The summed E-state index contributed by atoms with van der Waals surface area (Å²) in [5.41, 5.74) is 3.60. The molecule has 152 valence electrons. The summed E-state index contributed by atoms with van der Waals surface area (Å²) in [6, 6.07) is 17.8. The van der Waals surface area contributed by atoms with Gasteiger partial charge in [0.1, 0.15) is 6.10 Å². The third-order valence-corrected chi connectivity index (χ3v) is 6.30. The number of ether oxygens (including phenoxy) is 1. The van der Waals surface area contributed by atoms with E-state index in [0.717, 1.165) is 27.0 Å². The van der Waals surface area contributed by atoms with Gasteiger partial charge in [0.05, 0.1) is 28.9 Å². The third-order valence-electron chi connectivity index (χ3n) is 5.77. The highest BCUT2D eigenvalue weighted by Crippen LogP contribution is 2.40. The van der Waals surface area contributed by atoms with Crippen molar-refractivity contribution in [1.29, 1.82) is 0 Å². The minimum absolute atomic E-state index is 0.289. The Hall–Kier alpha value is -2.90. The number of halogens is 1.